The lowest BCUT2D eigenvalue weighted by Crippen LogP contribution is -2.35. The minimum atomic E-state index is -0.259. The molecule has 17 heavy (non-hydrogen) atoms. The molecule has 1 heterocycles. The van der Waals surface area contributed by atoms with Gasteiger partial charge in [0.05, 0.1) is 6.10 Å². The van der Waals surface area contributed by atoms with Crippen LogP contribution in [0.2, 0.25) is 0 Å². The summed E-state index contributed by atoms with van der Waals surface area (Å²) >= 11 is 0. The number of anilines is 1. The molecule has 0 amide bonds. The van der Waals surface area contributed by atoms with Crippen molar-refractivity contribution in [1.82, 2.24) is 0 Å². The molecule has 0 spiro atoms. The molecule has 1 aromatic rings. The maximum atomic E-state index is 9.56. The van der Waals surface area contributed by atoms with Crippen molar-refractivity contribution in [2.24, 2.45) is 0 Å². The van der Waals surface area contributed by atoms with Crippen LogP contribution in [0.25, 0.3) is 0 Å². The van der Waals surface area contributed by atoms with E-state index in [1.165, 1.54) is 16.8 Å². The molecule has 1 aliphatic rings. The summed E-state index contributed by atoms with van der Waals surface area (Å²) in [6.07, 6.45) is 1.61. The van der Waals surface area contributed by atoms with Gasteiger partial charge in [-0.05, 0) is 57.7 Å². The molecule has 2 rings (SSSR count). The van der Waals surface area contributed by atoms with Crippen molar-refractivity contribution in [3.8, 4) is 0 Å². The summed E-state index contributed by atoms with van der Waals surface area (Å²) in [5.41, 5.74) is 4.12. The quantitative estimate of drug-likeness (QED) is 0.867. The molecule has 0 fully saturated rings. The van der Waals surface area contributed by atoms with Crippen molar-refractivity contribution < 1.29 is 5.11 Å². The molecule has 2 atom stereocenters. The first kappa shape index (κ1) is 12.4. The van der Waals surface area contributed by atoms with Crippen LogP contribution < -0.4 is 4.90 Å². The summed E-state index contributed by atoms with van der Waals surface area (Å²) in [7, 11) is 0. The number of nitrogens with zero attached hydrogens (tertiary/aromatic N) is 1. The van der Waals surface area contributed by atoms with E-state index in [2.05, 4.69) is 43.9 Å². The molecule has 0 aromatic heterocycles. The van der Waals surface area contributed by atoms with Crippen LogP contribution in [0, 0.1) is 0 Å². The van der Waals surface area contributed by atoms with Gasteiger partial charge in [0.1, 0.15) is 0 Å². The fourth-order valence-electron chi connectivity index (χ4n) is 3.03. The van der Waals surface area contributed by atoms with Crippen LogP contribution in [0.1, 0.15) is 38.8 Å². The summed E-state index contributed by atoms with van der Waals surface area (Å²) in [6, 6.07) is 7.59. The lowest BCUT2D eigenvalue weighted by molar-refractivity contribution is 0.195. The van der Waals surface area contributed by atoms with Crippen molar-refractivity contribution in [2.45, 2.75) is 58.7 Å². The van der Waals surface area contributed by atoms with Crippen LogP contribution in [-0.4, -0.2) is 23.3 Å². The molecule has 0 aliphatic carbocycles. The Labute approximate surface area is 104 Å². The molecular weight excluding hydrogens is 210 g/mol. The third kappa shape index (κ3) is 2.32. The molecular formula is C15H23NO. The number of aliphatic hydroxyl groups excluding tert-OH is 1. The van der Waals surface area contributed by atoms with Crippen LogP contribution in [0.15, 0.2) is 18.2 Å². The second kappa shape index (κ2) is 4.69. The summed E-state index contributed by atoms with van der Waals surface area (Å²) < 4.78 is 0. The van der Waals surface area contributed by atoms with Gasteiger partial charge in [-0.3, -0.25) is 0 Å². The smallest absolute Gasteiger partial charge is 0.0552 e. The van der Waals surface area contributed by atoms with Gasteiger partial charge in [0.2, 0.25) is 0 Å². The summed E-state index contributed by atoms with van der Waals surface area (Å²) in [5.74, 6) is 0. The normalized spacial score (nSPS) is 20.8. The maximum absolute atomic E-state index is 9.56. The number of benzene rings is 1. The Bertz CT molecular complexity index is 398. The average molecular weight is 233 g/mol. The largest absolute Gasteiger partial charge is 0.393 e. The first-order valence-electron chi connectivity index (χ1n) is 6.58. The number of rotatable bonds is 3. The standard InChI is InChI=1S/C15H23NO/c1-10(2)16-11(3)8-14-13(9-12(4)17)6-5-7-15(14)16/h5-7,10-12,17H,8-9H2,1-4H3. The van der Waals surface area contributed by atoms with Crippen LogP contribution in [0.5, 0.6) is 0 Å². The van der Waals surface area contributed by atoms with Gasteiger partial charge >= 0.3 is 0 Å². The van der Waals surface area contributed by atoms with E-state index < -0.39 is 0 Å². The van der Waals surface area contributed by atoms with Crippen LogP contribution in [0.3, 0.4) is 0 Å². The highest BCUT2D eigenvalue weighted by Crippen LogP contribution is 2.36. The van der Waals surface area contributed by atoms with Crippen LogP contribution >= 0.6 is 0 Å². The van der Waals surface area contributed by atoms with E-state index in [1.807, 2.05) is 6.92 Å². The second-order valence-corrected chi connectivity index (χ2v) is 5.52. The number of hydrogen-bond donors (Lipinski definition) is 1. The highest BCUT2D eigenvalue weighted by Gasteiger charge is 2.29. The Morgan fingerprint density at radius 2 is 2.06 bits per heavy atom. The van der Waals surface area contributed by atoms with E-state index in [9.17, 15) is 5.11 Å². The van der Waals surface area contributed by atoms with E-state index >= 15 is 0 Å². The van der Waals surface area contributed by atoms with Gasteiger partial charge in [-0.2, -0.15) is 0 Å². The van der Waals surface area contributed by atoms with Gasteiger partial charge in [0.15, 0.2) is 0 Å². The molecule has 1 aliphatic heterocycles. The van der Waals surface area contributed by atoms with Crippen LogP contribution in [0.4, 0.5) is 5.69 Å². The Morgan fingerprint density at radius 3 is 2.65 bits per heavy atom. The van der Waals surface area contributed by atoms with Crippen molar-refractivity contribution in [2.75, 3.05) is 4.90 Å². The first-order chi connectivity index (χ1) is 8.00. The fourth-order valence-corrected chi connectivity index (χ4v) is 3.03. The number of fused-ring (bicyclic) bond motifs is 1. The van der Waals surface area contributed by atoms with Crippen molar-refractivity contribution >= 4 is 5.69 Å². The average Bonchev–Trinajstić information content (AvgIpc) is 2.54. The Kier molecular flexibility index (Phi) is 3.43. The van der Waals surface area contributed by atoms with Crippen molar-refractivity contribution in [3.05, 3.63) is 29.3 Å². The molecule has 1 aromatic carbocycles. The highest BCUT2D eigenvalue weighted by atomic mass is 16.3. The van der Waals surface area contributed by atoms with E-state index in [-0.39, 0.29) is 6.10 Å². The van der Waals surface area contributed by atoms with Gasteiger partial charge in [-0.15, -0.1) is 0 Å². The molecule has 2 unspecified atom stereocenters. The molecule has 1 N–H and O–H groups in total. The molecule has 2 nitrogen and oxygen atoms in total. The highest BCUT2D eigenvalue weighted by molar-refractivity contribution is 5.62. The van der Waals surface area contributed by atoms with Crippen molar-refractivity contribution in [1.29, 1.82) is 0 Å². The zero-order valence-electron chi connectivity index (χ0n) is 11.3. The molecule has 94 valence electrons. The Hall–Kier alpha value is -1.02. The van der Waals surface area contributed by atoms with Gasteiger partial charge in [0.25, 0.3) is 0 Å². The molecule has 2 heteroatoms. The molecule has 0 saturated carbocycles. The van der Waals surface area contributed by atoms with Gasteiger partial charge < -0.3 is 10.0 Å². The van der Waals surface area contributed by atoms with E-state index in [0.717, 1.165) is 12.8 Å². The summed E-state index contributed by atoms with van der Waals surface area (Å²) in [5, 5.41) is 9.56. The Balaban J connectivity index is 2.38. The SMILES string of the molecule is CC(O)Cc1cccc2c1CC(C)N2C(C)C. The second-order valence-electron chi connectivity index (χ2n) is 5.52. The first-order valence-corrected chi connectivity index (χ1v) is 6.58. The van der Waals surface area contributed by atoms with E-state index in [1.54, 1.807) is 0 Å². The number of aliphatic hydroxyl groups is 1. The Morgan fingerprint density at radius 1 is 1.35 bits per heavy atom. The van der Waals surface area contributed by atoms with Gasteiger partial charge in [-0.1, -0.05) is 12.1 Å². The third-order valence-electron chi connectivity index (χ3n) is 3.57. The minimum Gasteiger partial charge on any atom is -0.393 e. The third-order valence-corrected chi connectivity index (χ3v) is 3.57. The molecule has 0 radical (unpaired) electrons. The molecule has 0 bridgehead atoms. The lowest BCUT2D eigenvalue weighted by Gasteiger charge is -2.29. The maximum Gasteiger partial charge on any atom is 0.0552 e. The molecule has 0 saturated heterocycles. The minimum absolute atomic E-state index is 0.259. The van der Waals surface area contributed by atoms with Gasteiger partial charge in [0, 0.05) is 17.8 Å². The predicted molar refractivity (Wildman–Crippen MR) is 72.6 cm³/mol. The van der Waals surface area contributed by atoms with E-state index in [0.29, 0.717) is 12.1 Å². The van der Waals surface area contributed by atoms with Crippen molar-refractivity contribution in [3.63, 3.8) is 0 Å². The van der Waals surface area contributed by atoms with E-state index in [4.69, 9.17) is 0 Å². The summed E-state index contributed by atoms with van der Waals surface area (Å²) in [6.45, 7) is 8.63. The zero-order chi connectivity index (χ0) is 12.6. The fraction of sp³-hybridized carbons (Fsp3) is 0.600. The summed E-state index contributed by atoms with van der Waals surface area (Å²) in [4.78, 5) is 2.49. The topological polar surface area (TPSA) is 23.5 Å². The van der Waals surface area contributed by atoms with Gasteiger partial charge in [-0.25, -0.2) is 0 Å². The zero-order valence-corrected chi connectivity index (χ0v) is 11.3. The van der Waals surface area contributed by atoms with Crippen LogP contribution in [-0.2, 0) is 12.8 Å². The predicted octanol–water partition coefficient (Wildman–Crippen LogP) is 2.77. The lowest BCUT2D eigenvalue weighted by atomic mass is 9.99. The number of hydrogen-bond acceptors (Lipinski definition) is 2. The monoisotopic (exact) mass is 233 g/mol.